The fourth-order valence-electron chi connectivity index (χ4n) is 4.68. The van der Waals surface area contributed by atoms with Crippen LogP contribution in [-0.4, -0.2) is 83.3 Å². The number of amides is 2. The van der Waals surface area contributed by atoms with Gasteiger partial charge in [-0.1, -0.05) is 0 Å². The molecular weight excluding hydrogens is 370 g/mol. The number of rotatable bonds is 7. The Balaban J connectivity index is 1.35. The van der Waals surface area contributed by atoms with Gasteiger partial charge in [-0.3, -0.25) is 19.6 Å². The van der Waals surface area contributed by atoms with Gasteiger partial charge in [-0.2, -0.15) is 5.10 Å². The minimum Gasteiger partial charge on any atom is -0.378 e. The molecule has 1 aromatic rings. The maximum absolute atomic E-state index is 12.8. The van der Waals surface area contributed by atoms with E-state index in [9.17, 15) is 9.59 Å². The first-order valence-electron chi connectivity index (χ1n) is 10.9. The number of aromatic nitrogens is 2. The number of aromatic amines is 1. The van der Waals surface area contributed by atoms with Crippen LogP contribution in [0.15, 0.2) is 0 Å². The van der Waals surface area contributed by atoms with Gasteiger partial charge in [-0.15, -0.1) is 0 Å². The summed E-state index contributed by atoms with van der Waals surface area (Å²) < 4.78 is 5.37. The summed E-state index contributed by atoms with van der Waals surface area (Å²) in [6.45, 7) is 8.09. The van der Waals surface area contributed by atoms with Crippen molar-refractivity contribution in [3.63, 3.8) is 0 Å². The Labute approximate surface area is 172 Å². The molecule has 0 spiro atoms. The van der Waals surface area contributed by atoms with E-state index in [1.54, 1.807) is 0 Å². The molecule has 8 heteroatoms. The number of morpholine rings is 1. The van der Waals surface area contributed by atoms with Crippen molar-refractivity contribution in [3.05, 3.63) is 17.0 Å². The maximum Gasteiger partial charge on any atom is 0.255 e. The molecule has 2 saturated heterocycles. The number of likely N-dealkylation sites (tertiary alicyclic amines) is 1. The number of carbonyl (C=O) groups excluding carboxylic acids is 2. The summed E-state index contributed by atoms with van der Waals surface area (Å²) in [5.41, 5.74) is 2.18. The quantitative estimate of drug-likeness (QED) is 0.715. The molecule has 1 aromatic heterocycles. The molecule has 8 nitrogen and oxygen atoms in total. The molecule has 2 amide bonds. The summed E-state index contributed by atoms with van der Waals surface area (Å²) in [6, 6.07) is 0.583. The molecule has 1 aliphatic carbocycles. The van der Waals surface area contributed by atoms with Gasteiger partial charge in [0.1, 0.15) is 0 Å². The van der Waals surface area contributed by atoms with Crippen LogP contribution in [0.5, 0.6) is 0 Å². The van der Waals surface area contributed by atoms with Crippen molar-refractivity contribution in [2.24, 2.45) is 5.92 Å². The van der Waals surface area contributed by atoms with E-state index in [2.05, 4.69) is 20.4 Å². The number of H-pyrrole nitrogens is 1. The minimum absolute atomic E-state index is 0.0621. The van der Waals surface area contributed by atoms with E-state index < -0.39 is 0 Å². The topological polar surface area (TPSA) is 90.6 Å². The maximum atomic E-state index is 12.8. The summed E-state index contributed by atoms with van der Waals surface area (Å²) in [6.07, 6.45) is 5.20. The van der Waals surface area contributed by atoms with Crippen LogP contribution < -0.4 is 5.32 Å². The van der Waals surface area contributed by atoms with E-state index in [0.29, 0.717) is 50.9 Å². The predicted octanol–water partition coefficient (Wildman–Crippen LogP) is 1.25. The van der Waals surface area contributed by atoms with Crippen LogP contribution >= 0.6 is 0 Å². The molecular formula is C21H33N5O3. The first-order chi connectivity index (χ1) is 14.0. The van der Waals surface area contributed by atoms with Crippen molar-refractivity contribution in [2.45, 2.75) is 58.0 Å². The van der Waals surface area contributed by atoms with E-state index in [4.69, 9.17) is 4.74 Å². The number of ether oxygens (including phenoxy) is 1. The zero-order valence-corrected chi connectivity index (χ0v) is 17.6. The smallest absolute Gasteiger partial charge is 0.255 e. The monoisotopic (exact) mass is 403 g/mol. The van der Waals surface area contributed by atoms with Crippen molar-refractivity contribution in [2.75, 3.05) is 39.4 Å². The lowest BCUT2D eigenvalue weighted by molar-refractivity contribution is -0.136. The van der Waals surface area contributed by atoms with E-state index in [0.717, 1.165) is 36.7 Å². The summed E-state index contributed by atoms with van der Waals surface area (Å²) in [4.78, 5) is 29.9. The lowest BCUT2D eigenvalue weighted by Gasteiger charge is -2.33. The first kappa shape index (κ1) is 20.3. The van der Waals surface area contributed by atoms with Gasteiger partial charge in [-0.05, 0) is 45.4 Å². The van der Waals surface area contributed by atoms with Crippen molar-refractivity contribution in [1.29, 1.82) is 0 Å². The molecule has 3 aliphatic rings. The Morgan fingerprint density at radius 3 is 2.52 bits per heavy atom. The molecule has 0 aromatic carbocycles. The van der Waals surface area contributed by atoms with E-state index in [1.165, 1.54) is 12.8 Å². The van der Waals surface area contributed by atoms with Gasteiger partial charge in [0.25, 0.3) is 5.91 Å². The van der Waals surface area contributed by atoms with Crippen LogP contribution in [0, 0.1) is 19.8 Å². The van der Waals surface area contributed by atoms with Gasteiger partial charge < -0.3 is 15.0 Å². The Morgan fingerprint density at radius 2 is 1.86 bits per heavy atom. The van der Waals surface area contributed by atoms with Crippen molar-refractivity contribution < 1.29 is 14.3 Å². The van der Waals surface area contributed by atoms with Crippen LogP contribution in [0.2, 0.25) is 0 Å². The summed E-state index contributed by atoms with van der Waals surface area (Å²) >= 11 is 0. The third kappa shape index (κ3) is 4.80. The van der Waals surface area contributed by atoms with E-state index >= 15 is 0 Å². The SMILES string of the molecule is Cc1n[nH]c(C)c1C(=O)NC[C@@H]1CC[C@H](CC(=O)N2CCOCC2)N1CC1CC1. The Hall–Kier alpha value is -1.93. The number of hydrogen-bond acceptors (Lipinski definition) is 5. The second-order valence-electron chi connectivity index (χ2n) is 8.74. The zero-order valence-electron chi connectivity index (χ0n) is 17.6. The predicted molar refractivity (Wildman–Crippen MR) is 109 cm³/mol. The number of nitrogens with one attached hydrogen (secondary N) is 2. The molecule has 0 unspecified atom stereocenters. The van der Waals surface area contributed by atoms with Crippen molar-refractivity contribution in [1.82, 2.24) is 25.3 Å². The Morgan fingerprint density at radius 1 is 1.14 bits per heavy atom. The van der Waals surface area contributed by atoms with Crippen LogP contribution in [0.3, 0.4) is 0 Å². The second kappa shape index (κ2) is 8.83. The highest BCUT2D eigenvalue weighted by molar-refractivity contribution is 5.96. The molecule has 2 atom stereocenters. The molecule has 2 aliphatic heterocycles. The summed E-state index contributed by atoms with van der Waals surface area (Å²) in [7, 11) is 0. The molecule has 160 valence electrons. The van der Waals surface area contributed by atoms with E-state index in [1.807, 2.05) is 18.7 Å². The Kier molecular flexibility index (Phi) is 6.20. The fraction of sp³-hybridized carbons (Fsp3) is 0.762. The van der Waals surface area contributed by atoms with Crippen LogP contribution in [-0.2, 0) is 9.53 Å². The molecule has 0 radical (unpaired) electrons. The second-order valence-corrected chi connectivity index (χ2v) is 8.74. The molecule has 1 saturated carbocycles. The average molecular weight is 404 g/mol. The van der Waals surface area contributed by atoms with Gasteiger partial charge in [0.2, 0.25) is 5.91 Å². The van der Waals surface area contributed by atoms with Gasteiger partial charge in [0.15, 0.2) is 0 Å². The standard InChI is InChI=1S/C21H33N5O3/c1-14-20(15(2)24-23-14)21(28)22-12-18-6-5-17(26(18)13-16-3-4-16)11-19(27)25-7-9-29-10-8-25/h16-18H,3-13H2,1-2H3,(H,22,28)(H,23,24)/t17-,18+/m1/s1. The lowest BCUT2D eigenvalue weighted by atomic mass is 10.1. The number of hydrogen-bond donors (Lipinski definition) is 2. The first-order valence-corrected chi connectivity index (χ1v) is 10.9. The molecule has 3 fully saturated rings. The van der Waals surface area contributed by atoms with Crippen LogP contribution in [0.1, 0.15) is 53.8 Å². The largest absolute Gasteiger partial charge is 0.378 e. The highest BCUT2D eigenvalue weighted by Gasteiger charge is 2.38. The van der Waals surface area contributed by atoms with Gasteiger partial charge in [0, 0.05) is 50.4 Å². The molecule has 2 N–H and O–H groups in total. The average Bonchev–Trinajstić information content (AvgIpc) is 3.38. The number of nitrogens with zero attached hydrogens (tertiary/aromatic N) is 3. The minimum atomic E-state index is -0.0621. The normalized spacial score (nSPS) is 25.4. The van der Waals surface area contributed by atoms with Gasteiger partial charge in [0.05, 0.1) is 24.5 Å². The van der Waals surface area contributed by atoms with Crippen LogP contribution in [0.4, 0.5) is 0 Å². The van der Waals surface area contributed by atoms with Crippen molar-refractivity contribution in [3.8, 4) is 0 Å². The molecule has 0 bridgehead atoms. The third-order valence-electron chi connectivity index (χ3n) is 6.56. The Bertz CT molecular complexity index is 719. The van der Waals surface area contributed by atoms with Gasteiger partial charge in [-0.25, -0.2) is 0 Å². The van der Waals surface area contributed by atoms with E-state index in [-0.39, 0.29) is 17.9 Å². The highest BCUT2D eigenvalue weighted by atomic mass is 16.5. The van der Waals surface area contributed by atoms with Gasteiger partial charge >= 0.3 is 0 Å². The summed E-state index contributed by atoms with van der Waals surface area (Å²) in [5.74, 6) is 0.937. The number of carbonyl (C=O) groups is 2. The van der Waals surface area contributed by atoms with Crippen molar-refractivity contribution >= 4 is 11.8 Å². The summed E-state index contributed by atoms with van der Waals surface area (Å²) in [5, 5.41) is 10.1. The van der Waals surface area contributed by atoms with Crippen LogP contribution in [0.25, 0.3) is 0 Å². The third-order valence-corrected chi connectivity index (χ3v) is 6.56. The highest BCUT2D eigenvalue weighted by Crippen LogP contribution is 2.35. The zero-order chi connectivity index (χ0) is 20.4. The molecule has 3 heterocycles. The molecule has 29 heavy (non-hydrogen) atoms. The fourth-order valence-corrected chi connectivity index (χ4v) is 4.68. The molecule has 4 rings (SSSR count). The number of aryl methyl sites for hydroxylation is 2. The lowest BCUT2D eigenvalue weighted by Crippen LogP contribution is -2.47.